The van der Waals surface area contributed by atoms with E-state index in [2.05, 4.69) is 213 Å². The van der Waals surface area contributed by atoms with E-state index in [1.165, 1.54) is 66.7 Å². The first kappa shape index (κ1) is 48.0. The number of rotatable bonds is 6. The average molecular weight is 1080 g/mol. The van der Waals surface area contributed by atoms with Crippen LogP contribution in [-0.4, -0.2) is 20.9 Å². The van der Waals surface area contributed by atoms with Gasteiger partial charge in [0.05, 0.1) is 16.9 Å². The van der Waals surface area contributed by atoms with Crippen LogP contribution in [0.4, 0.5) is 5.69 Å². The number of aliphatic imine (C=N–C) groups is 1. The number of hydrogen-bond acceptors (Lipinski definition) is 4. The summed E-state index contributed by atoms with van der Waals surface area (Å²) in [7, 11) is 0. The molecule has 0 saturated carbocycles. The number of ether oxygens (including phenoxy) is 1. The molecule has 3 aliphatic rings. The van der Waals surface area contributed by atoms with Crippen LogP contribution in [0.3, 0.4) is 0 Å². The van der Waals surface area contributed by atoms with Crippen molar-refractivity contribution in [1.29, 1.82) is 0 Å². The Kier molecular flexibility index (Phi) is 11.1. The summed E-state index contributed by atoms with van der Waals surface area (Å²) in [5, 5.41) is 2.39. The third-order valence-corrected chi connectivity index (χ3v) is 16.0. The molecule has 5 nitrogen and oxygen atoms in total. The fourth-order valence-electron chi connectivity index (χ4n) is 11.6. The molecule has 2 aromatic heterocycles. The fourth-order valence-corrected chi connectivity index (χ4v) is 11.6. The zero-order valence-corrected chi connectivity index (χ0v) is 46.1. The average Bonchev–Trinajstić information content (AvgIpc) is 3.75. The van der Waals surface area contributed by atoms with Crippen LogP contribution in [0, 0.1) is 39.8 Å². The van der Waals surface area contributed by atoms with Crippen molar-refractivity contribution in [2.75, 3.05) is 4.90 Å². The molecule has 0 saturated heterocycles. The Balaban J connectivity index is 0.00000578. The Morgan fingerprint density at radius 3 is 1.96 bits per heavy atom. The van der Waals surface area contributed by atoms with E-state index in [-0.39, 0.29) is 37.3 Å². The Labute approximate surface area is 421 Å². The maximum Gasteiger partial charge on any atom is 2.00 e. The summed E-state index contributed by atoms with van der Waals surface area (Å²) in [4.78, 5) is 13.8. The third kappa shape index (κ3) is 7.01. The maximum absolute atomic E-state index is 7.20. The zero-order valence-electron chi connectivity index (χ0n) is 43.8. The molecule has 0 N–H and O–H groups in total. The first-order valence-electron chi connectivity index (χ1n) is 24.7. The first-order valence-corrected chi connectivity index (χ1v) is 24.7. The molecule has 0 bridgehead atoms. The molecule has 4 heterocycles. The van der Waals surface area contributed by atoms with Crippen LogP contribution in [0.25, 0.3) is 27.6 Å². The van der Waals surface area contributed by atoms with Gasteiger partial charge in [-0.15, -0.1) is 34.2 Å². The van der Waals surface area contributed by atoms with Crippen molar-refractivity contribution in [2.24, 2.45) is 4.99 Å². The number of aryl methyl sites for hydroxylation is 4. The van der Waals surface area contributed by atoms with Crippen molar-refractivity contribution >= 4 is 33.3 Å². The standard InChI is InChI=1S/C62H70N4O.Pt/c1-34(2)45-20-19-21-46(35(3)4)54(45)66-56(64-61(17)32-41-23-37(6)38(7)25-49(41)62(61,66)18)40-26-42(58(9,10)11)28-44(27-40)67-53-31-52-47(24-39(53)8)48-29-43(59(12,13)14)30-50-55(48)65(52)57-51(60(50,15)16)22-36(5)33-63-57;/h19-26,28-30,33-35H,32H2,1-18H3;/q-2;+2/t61-,62+;/m1./s1. The van der Waals surface area contributed by atoms with Crippen LogP contribution in [0.2, 0.25) is 0 Å². The number of benzene rings is 5. The van der Waals surface area contributed by atoms with Crippen LogP contribution in [0.1, 0.15) is 181 Å². The molecule has 2 aliphatic heterocycles. The second-order valence-corrected chi connectivity index (χ2v) is 24.0. The maximum atomic E-state index is 7.20. The van der Waals surface area contributed by atoms with Gasteiger partial charge < -0.3 is 19.2 Å². The molecule has 354 valence electrons. The normalized spacial score (nSPS) is 19.4. The number of pyridine rings is 1. The van der Waals surface area contributed by atoms with Crippen LogP contribution in [0.5, 0.6) is 11.5 Å². The first-order chi connectivity index (χ1) is 31.2. The quantitative estimate of drug-likeness (QED) is 0.156. The molecule has 6 heteroatoms. The van der Waals surface area contributed by atoms with E-state index in [9.17, 15) is 0 Å². The third-order valence-electron chi connectivity index (χ3n) is 16.0. The molecule has 0 unspecified atom stereocenters. The summed E-state index contributed by atoms with van der Waals surface area (Å²) in [5.41, 5.74) is 18.3. The molecule has 0 amide bonds. The molecule has 5 aromatic carbocycles. The Morgan fingerprint density at radius 1 is 0.691 bits per heavy atom. The van der Waals surface area contributed by atoms with Crippen molar-refractivity contribution in [3.05, 3.63) is 157 Å². The second-order valence-electron chi connectivity index (χ2n) is 24.0. The molecule has 0 spiro atoms. The monoisotopic (exact) mass is 1080 g/mol. The number of hydrogen-bond donors (Lipinski definition) is 0. The predicted molar refractivity (Wildman–Crippen MR) is 281 cm³/mol. The minimum absolute atomic E-state index is 0. The molecular weight excluding hydrogens is 1010 g/mol. The summed E-state index contributed by atoms with van der Waals surface area (Å²) < 4.78 is 9.55. The molecule has 0 fully saturated rings. The van der Waals surface area contributed by atoms with Crippen LogP contribution >= 0.6 is 0 Å². The van der Waals surface area contributed by atoms with Crippen molar-refractivity contribution in [2.45, 2.75) is 170 Å². The molecule has 1 aliphatic carbocycles. The number of anilines is 1. The summed E-state index contributed by atoms with van der Waals surface area (Å²) in [6.07, 6.45) is 2.86. The smallest absolute Gasteiger partial charge is 0.503 e. The van der Waals surface area contributed by atoms with E-state index in [4.69, 9.17) is 14.7 Å². The van der Waals surface area contributed by atoms with Gasteiger partial charge in [-0.2, -0.15) is 6.07 Å². The van der Waals surface area contributed by atoms with E-state index >= 15 is 0 Å². The Hall–Kier alpha value is -4.99. The topological polar surface area (TPSA) is 42.7 Å². The van der Waals surface area contributed by atoms with E-state index < -0.39 is 11.1 Å². The van der Waals surface area contributed by atoms with Gasteiger partial charge in [0.25, 0.3) is 0 Å². The summed E-state index contributed by atoms with van der Waals surface area (Å²) >= 11 is 0. The predicted octanol–water partition coefficient (Wildman–Crippen LogP) is 15.8. The molecule has 0 radical (unpaired) electrons. The van der Waals surface area contributed by atoms with Gasteiger partial charge in [-0.05, 0) is 125 Å². The number of amidine groups is 1. The van der Waals surface area contributed by atoms with Crippen molar-refractivity contribution in [3.8, 4) is 17.3 Å². The minimum Gasteiger partial charge on any atom is -0.503 e. The van der Waals surface area contributed by atoms with Crippen LogP contribution in [-0.2, 0) is 49.3 Å². The molecule has 2 atom stereocenters. The van der Waals surface area contributed by atoms with E-state index in [1.807, 2.05) is 6.20 Å². The van der Waals surface area contributed by atoms with Crippen molar-refractivity contribution < 1.29 is 25.8 Å². The van der Waals surface area contributed by atoms with Gasteiger partial charge in [0.2, 0.25) is 0 Å². The van der Waals surface area contributed by atoms with Gasteiger partial charge in [-0.25, -0.2) is 4.98 Å². The molecule has 68 heavy (non-hydrogen) atoms. The summed E-state index contributed by atoms with van der Waals surface area (Å²) in [6.45, 7) is 41.4. The fraction of sp³-hybridized carbons (Fsp3) is 0.419. The van der Waals surface area contributed by atoms with Gasteiger partial charge in [0.1, 0.15) is 5.82 Å². The number of para-hydroxylation sites is 1. The molecule has 10 rings (SSSR count). The molecular formula is C62H70N4OPt. The zero-order chi connectivity index (χ0) is 48.2. The summed E-state index contributed by atoms with van der Waals surface area (Å²) in [6, 6.07) is 33.5. The Morgan fingerprint density at radius 2 is 1.32 bits per heavy atom. The SMILES string of the molecule is Cc1cnc2c(c1)C(C)(C)c1cc(C(C)(C)C)cc3c4cc(C)c(Oc5[c-]c(C6=N[C@]7(C)Cc8cc(C)c(C)cc8[C@]7(C)N6c6c(C(C)C)cccc6C(C)C)cc(C(C)(C)C)c5)[c-]c4n-2c13.[Pt+2]. The summed E-state index contributed by atoms with van der Waals surface area (Å²) in [5.74, 6) is 3.84. The second kappa shape index (κ2) is 15.8. The minimum atomic E-state index is -0.464. The van der Waals surface area contributed by atoms with Crippen molar-refractivity contribution in [3.63, 3.8) is 0 Å². The largest absolute Gasteiger partial charge is 2.00 e. The molecule has 7 aromatic rings. The van der Waals surface area contributed by atoms with Gasteiger partial charge >= 0.3 is 21.1 Å². The van der Waals surface area contributed by atoms with E-state index in [0.717, 1.165) is 51.2 Å². The van der Waals surface area contributed by atoms with Gasteiger partial charge in [-0.3, -0.25) is 0 Å². The Bertz CT molecular complexity index is 3250. The number of aromatic nitrogens is 2. The van der Waals surface area contributed by atoms with E-state index in [1.54, 1.807) is 0 Å². The van der Waals surface area contributed by atoms with Gasteiger partial charge in [0.15, 0.2) is 0 Å². The van der Waals surface area contributed by atoms with E-state index in [0.29, 0.717) is 23.3 Å². The van der Waals surface area contributed by atoms with Gasteiger partial charge in [0, 0.05) is 39.9 Å². The van der Waals surface area contributed by atoms with Crippen LogP contribution in [0.15, 0.2) is 77.9 Å². The van der Waals surface area contributed by atoms with Gasteiger partial charge in [-0.1, -0.05) is 150 Å². The number of nitrogens with zero attached hydrogens (tertiary/aromatic N) is 4. The van der Waals surface area contributed by atoms with Crippen LogP contribution < -0.4 is 9.64 Å². The number of fused-ring (bicyclic) bond motifs is 8. The van der Waals surface area contributed by atoms with Crippen molar-refractivity contribution in [1.82, 2.24) is 9.55 Å².